The molecule has 0 amide bonds. The molecule has 1 aliphatic heterocycles. The summed E-state index contributed by atoms with van der Waals surface area (Å²) in [6.45, 7) is 4.21. The minimum atomic E-state index is 0.295. The lowest BCUT2D eigenvalue weighted by atomic mass is 9.98. The number of hydrogen-bond acceptors (Lipinski definition) is 3. The molecule has 1 aromatic carbocycles. The fourth-order valence-corrected chi connectivity index (χ4v) is 5.66. The quantitative estimate of drug-likeness (QED) is 0.666. The monoisotopic (exact) mass is 480 g/mol. The van der Waals surface area contributed by atoms with Crippen LogP contribution < -0.4 is 5.32 Å². The number of nitrogens with one attached hydrogen (secondary N) is 1. The SMILES string of the molecule is Oc1c(Br)cc(Br)c([C@H](CC2CC2)N2CCNCC2)c1Br. The number of piperazine rings is 1. The van der Waals surface area contributed by atoms with E-state index in [1.165, 1.54) is 24.8 Å². The molecule has 3 rings (SSSR count). The molecule has 2 aliphatic rings. The van der Waals surface area contributed by atoms with Crippen molar-refractivity contribution < 1.29 is 5.11 Å². The van der Waals surface area contributed by atoms with E-state index in [0.29, 0.717) is 11.8 Å². The third-order valence-electron chi connectivity index (χ3n) is 4.36. The number of nitrogens with zero attached hydrogens (tertiary/aromatic N) is 1. The Bertz CT molecular complexity index is 528. The highest BCUT2D eigenvalue weighted by atomic mass is 79.9. The number of phenolic OH excluding ortho intramolecular Hbond substituents is 1. The summed E-state index contributed by atoms with van der Waals surface area (Å²) >= 11 is 10.7. The molecule has 0 aromatic heterocycles. The van der Waals surface area contributed by atoms with Gasteiger partial charge in [-0.3, -0.25) is 4.90 Å². The molecule has 0 bridgehead atoms. The highest BCUT2D eigenvalue weighted by Gasteiger charge is 2.33. The fourth-order valence-electron chi connectivity index (χ4n) is 3.01. The van der Waals surface area contributed by atoms with Gasteiger partial charge in [0.2, 0.25) is 0 Å². The Morgan fingerprint density at radius 1 is 1.19 bits per heavy atom. The van der Waals surface area contributed by atoms with Gasteiger partial charge in [-0.2, -0.15) is 0 Å². The highest BCUT2D eigenvalue weighted by molar-refractivity contribution is 9.11. The molecule has 0 unspecified atom stereocenters. The molecule has 0 spiro atoms. The molecule has 1 saturated heterocycles. The van der Waals surface area contributed by atoms with Crippen LogP contribution in [0, 0.1) is 5.92 Å². The largest absolute Gasteiger partial charge is 0.506 e. The fraction of sp³-hybridized carbons (Fsp3) is 0.600. The van der Waals surface area contributed by atoms with Crippen LogP contribution >= 0.6 is 47.8 Å². The predicted octanol–water partition coefficient (Wildman–Crippen LogP) is 4.43. The second-order valence-electron chi connectivity index (χ2n) is 5.90. The van der Waals surface area contributed by atoms with E-state index < -0.39 is 0 Å². The summed E-state index contributed by atoms with van der Waals surface area (Å²) in [5.41, 5.74) is 1.18. The van der Waals surface area contributed by atoms with Crippen molar-refractivity contribution in [3.63, 3.8) is 0 Å². The van der Waals surface area contributed by atoms with Crippen LogP contribution in [0.1, 0.15) is 30.9 Å². The van der Waals surface area contributed by atoms with E-state index >= 15 is 0 Å². The Morgan fingerprint density at radius 2 is 1.86 bits per heavy atom. The van der Waals surface area contributed by atoms with Gasteiger partial charge in [-0.05, 0) is 50.3 Å². The molecule has 1 atom stereocenters. The van der Waals surface area contributed by atoms with Gasteiger partial charge in [0.25, 0.3) is 0 Å². The van der Waals surface area contributed by atoms with E-state index in [1.54, 1.807) is 0 Å². The molecular weight excluding hydrogens is 464 g/mol. The van der Waals surface area contributed by atoms with Gasteiger partial charge in [0.1, 0.15) is 5.75 Å². The topological polar surface area (TPSA) is 35.5 Å². The number of rotatable bonds is 4. The lowest BCUT2D eigenvalue weighted by Crippen LogP contribution is -2.45. The number of aromatic hydroxyl groups is 1. The van der Waals surface area contributed by atoms with Gasteiger partial charge in [0.05, 0.1) is 8.95 Å². The molecule has 0 radical (unpaired) electrons. The number of phenols is 1. The van der Waals surface area contributed by atoms with E-state index in [9.17, 15) is 5.11 Å². The molecule has 3 nitrogen and oxygen atoms in total. The molecule has 1 aromatic rings. The lowest BCUT2D eigenvalue weighted by Gasteiger charge is -2.36. The second-order valence-corrected chi connectivity index (χ2v) is 8.40. The Labute approximate surface area is 150 Å². The molecule has 2 fully saturated rings. The van der Waals surface area contributed by atoms with E-state index in [1.807, 2.05) is 6.07 Å². The number of halogens is 3. The number of benzene rings is 1. The minimum absolute atomic E-state index is 0.295. The maximum absolute atomic E-state index is 10.3. The Hall–Kier alpha value is 0.380. The van der Waals surface area contributed by atoms with Gasteiger partial charge >= 0.3 is 0 Å². The van der Waals surface area contributed by atoms with E-state index in [2.05, 4.69) is 58.0 Å². The first-order valence-electron chi connectivity index (χ1n) is 7.39. The first-order chi connectivity index (χ1) is 10.1. The zero-order valence-corrected chi connectivity index (χ0v) is 16.5. The van der Waals surface area contributed by atoms with Crippen LogP contribution in [0.15, 0.2) is 19.5 Å². The third kappa shape index (κ3) is 3.66. The average molecular weight is 483 g/mol. The summed E-state index contributed by atoms with van der Waals surface area (Å²) in [6.07, 6.45) is 3.87. The van der Waals surface area contributed by atoms with Gasteiger partial charge in [-0.1, -0.05) is 28.8 Å². The first-order valence-corrected chi connectivity index (χ1v) is 9.77. The van der Waals surface area contributed by atoms with Crippen molar-refractivity contribution in [3.05, 3.63) is 25.0 Å². The highest BCUT2D eigenvalue weighted by Crippen LogP contribution is 2.48. The summed E-state index contributed by atoms with van der Waals surface area (Å²) in [5, 5.41) is 13.7. The van der Waals surface area contributed by atoms with Gasteiger partial charge in [-0.15, -0.1) is 0 Å². The van der Waals surface area contributed by atoms with Crippen molar-refractivity contribution in [2.24, 2.45) is 5.92 Å². The molecule has 21 heavy (non-hydrogen) atoms. The van der Waals surface area contributed by atoms with Crippen molar-refractivity contribution in [1.29, 1.82) is 0 Å². The molecule has 2 N–H and O–H groups in total. The van der Waals surface area contributed by atoms with E-state index in [-0.39, 0.29) is 0 Å². The maximum Gasteiger partial charge on any atom is 0.144 e. The molecule has 116 valence electrons. The Morgan fingerprint density at radius 3 is 2.48 bits per heavy atom. The summed E-state index contributed by atoms with van der Waals surface area (Å²) in [6, 6.07) is 2.32. The van der Waals surface area contributed by atoms with E-state index in [4.69, 9.17) is 0 Å². The minimum Gasteiger partial charge on any atom is -0.506 e. The molecule has 6 heteroatoms. The standard InChI is InChI=1S/C15H19Br3N2O/c16-10-8-11(17)15(21)14(18)13(10)12(7-9-1-2-9)20-5-3-19-4-6-20/h8-9,12,19,21H,1-7H2/t12-/m0/s1. The lowest BCUT2D eigenvalue weighted by molar-refractivity contribution is 0.159. The Balaban J connectivity index is 1.96. The van der Waals surface area contributed by atoms with Gasteiger partial charge in [0, 0.05) is 42.3 Å². The van der Waals surface area contributed by atoms with Gasteiger partial charge in [-0.25, -0.2) is 0 Å². The van der Waals surface area contributed by atoms with Gasteiger partial charge < -0.3 is 10.4 Å². The normalized spacial score (nSPS) is 21.5. The van der Waals surface area contributed by atoms with E-state index in [0.717, 1.165) is 45.5 Å². The molecule has 1 saturated carbocycles. The first kappa shape index (κ1) is 16.2. The zero-order valence-electron chi connectivity index (χ0n) is 11.7. The van der Waals surface area contributed by atoms with Crippen molar-refractivity contribution >= 4 is 47.8 Å². The maximum atomic E-state index is 10.3. The molecule has 1 heterocycles. The van der Waals surface area contributed by atoms with Crippen molar-refractivity contribution in [1.82, 2.24) is 10.2 Å². The van der Waals surface area contributed by atoms with Crippen LogP contribution in [0.25, 0.3) is 0 Å². The summed E-state index contributed by atoms with van der Waals surface area (Å²) in [4.78, 5) is 2.55. The predicted molar refractivity (Wildman–Crippen MR) is 95.7 cm³/mol. The average Bonchev–Trinajstić information content (AvgIpc) is 3.29. The summed E-state index contributed by atoms with van der Waals surface area (Å²) in [5.74, 6) is 1.14. The van der Waals surface area contributed by atoms with Crippen molar-refractivity contribution in [3.8, 4) is 5.75 Å². The Kier molecular flexibility index (Phi) is 5.31. The van der Waals surface area contributed by atoms with Crippen LogP contribution in [-0.2, 0) is 0 Å². The summed E-state index contributed by atoms with van der Waals surface area (Å²) in [7, 11) is 0. The van der Waals surface area contributed by atoms with Crippen LogP contribution in [-0.4, -0.2) is 36.2 Å². The van der Waals surface area contributed by atoms with Crippen LogP contribution in [0.2, 0.25) is 0 Å². The van der Waals surface area contributed by atoms with Crippen LogP contribution in [0.4, 0.5) is 0 Å². The van der Waals surface area contributed by atoms with Gasteiger partial charge in [0.15, 0.2) is 0 Å². The van der Waals surface area contributed by atoms with Crippen molar-refractivity contribution in [2.75, 3.05) is 26.2 Å². The number of hydrogen-bond donors (Lipinski definition) is 2. The zero-order chi connectivity index (χ0) is 15.0. The van der Waals surface area contributed by atoms with Crippen LogP contribution in [0.5, 0.6) is 5.75 Å². The second kappa shape index (κ2) is 6.87. The molecule has 1 aliphatic carbocycles. The van der Waals surface area contributed by atoms with Crippen molar-refractivity contribution in [2.45, 2.75) is 25.3 Å². The summed E-state index contributed by atoms with van der Waals surface area (Å²) < 4.78 is 2.59. The van der Waals surface area contributed by atoms with Crippen LogP contribution in [0.3, 0.4) is 0 Å². The third-order valence-corrected chi connectivity index (χ3v) is 6.42. The smallest absolute Gasteiger partial charge is 0.144 e. The molecular formula is C15H19Br3N2O.